The summed E-state index contributed by atoms with van der Waals surface area (Å²) in [5, 5.41) is 2.95. The molecule has 7 nitrogen and oxygen atoms in total. The molecule has 0 saturated carbocycles. The van der Waals surface area contributed by atoms with Gasteiger partial charge in [0.05, 0.1) is 0 Å². The molecular formula is C13H22N4O3S. The first-order valence-electron chi connectivity index (χ1n) is 6.80. The lowest BCUT2D eigenvalue weighted by atomic mass is 10.1. The van der Waals surface area contributed by atoms with E-state index in [-0.39, 0.29) is 16.6 Å². The minimum Gasteiger partial charge on any atom is -0.369 e. The van der Waals surface area contributed by atoms with Crippen molar-refractivity contribution >= 4 is 21.7 Å². The number of sulfonamides is 1. The molecule has 0 aliphatic heterocycles. The first-order chi connectivity index (χ1) is 9.79. The standard InChI is InChI=1S/C13H22N4O3S/c1-4-7-15-13-10(6-5-8-16-13)21(19,20)17-11(9(2)3)12(14)18/h5-6,8-9,11,17H,4,7H2,1-3H3,(H2,14,18)(H,15,16). The fourth-order valence-electron chi connectivity index (χ4n) is 1.74. The van der Waals surface area contributed by atoms with Gasteiger partial charge in [0.25, 0.3) is 0 Å². The van der Waals surface area contributed by atoms with E-state index in [0.717, 1.165) is 6.42 Å². The van der Waals surface area contributed by atoms with Gasteiger partial charge in [0.1, 0.15) is 16.8 Å². The molecule has 8 heteroatoms. The Morgan fingerprint density at radius 1 is 1.43 bits per heavy atom. The molecule has 0 spiro atoms. The zero-order chi connectivity index (χ0) is 16.0. The van der Waals surface area contributed by atoms with Crippen molar-refractivity contribution in [3.63, 3.8) is 0 Å². The van der Waals surface area contributed by atoms with Crippen molar-refractivity contribution in [1.29, 1.82) is 0 Å². The van der Waals surface area contributed by atoms with Gasteiger partial charge in [0, 0.05) is 12.7 Å². The number of nitrogens with zero attached hydrogens (tertiary/aromatic N) is 1. The normalized spacial score (nSPS) is 13.1. The van der Waals surface area contributed by atoms with Gasteiger partial charge in [0.15, 0.2) is 0 Å². The highest BCUT2D eigenvalue weighted by atomic mass is 32.2. The van der Waals surface area contributed by atoms with Crippen LogP contribution in [0.15, 0.2) is 23.2 Å². The highest BCUT2D eigenvalue weighted by molar-refractivity contribution is 7.89. The van der Waals surface area contributed by atoms with E-state index in [1.54, 1.807) is 13.8 Å². The number of aromatic nitrogens is 1. The third kappa shape index (κ3) is 4.68. The zero-order valence-electron chi connectivity index (χ0n) is 12.5. The number of hydrogen-bond acceptors (Lipinski definition) is 5. The summed E-state index contributed by atoms with van der Waals surface area (Å²) in [7, 11) is -3.89. The maximum atomic E-state index is 12.4. The lowest BCUT2D eigenvalue weighted by Gasteiger charge is -2.20. The quantitative estimate of drug-likeness (QED) is 0.653. The number of carbonyl (C=O) groups is 1. The molecule has 1 unspecified atom stereocenters. The lowest BCUT2D eigenvalue weighted by molar-refractivity contribution is -0.120. The Morgan fingerprint density at radius 3 is 2.62 bits per heavy atom. The molecule has 0 saturated heterocycles. The van der Waals surface area contributed by atoms with Crippen LogP contribution in [0.25, 0.3) is 0 Å². The molecule has 0 fully saturated rings. The minimum atomic E-state index is -3.89. The lowest BCUT2D eigenvalue weighted by Crippen LogP contribution is -2.47. The second kappa shape index (κ2) is 7.37. The van der Waals surface area contributed by atoms with Crippen LogP contribution in [0.5, 0.6) is 0 Å². The average Bonchev–Trinajstić information content (AvgIpc) is 2.42. The summed E-state index contributed by atoms with van der Waals surface area (Å²) in [4.78, 5) is 15.4. The predicted molar refractivity (Wildman–Crippen MR) is 81.2 cm³/mol. The van der Waals surface area contributed by atoms with E-state index in [9.17, 15) is 13.2 Å². The number of nitrogens with one attached hydrogen (secondary N) is 2. The largest absolute Gasteiger partial charge is 0.369 e. The van der Waals surface area contributed by atoms with Crippen LogP contribution in [0, 0.1) is 5.92 Å². The Hall–Kier alpha value is -1.67. The maximum Gasteiger partial charge on any atom is 0.244 e. The SMILES string of the molecule is CCCNc1ncccc1S(=O)(=O)NC(C(N)=O)C(C)C. The molecule has 118 valence electrons. The summed E-state index contributed by atoms with van der Waals surface area (Å²) < 4.78 is 27.2. The van der Waals surface area contributed by atoms with E-state index in [1.807, 2.05) is 6.92 Å². The van der Waals surface area contributed by atoms with Crippen LogP contribution in [-0.2, 0) is 14.8 Å². The van der Waals surface area contributed by atoms with Crippen LogP contribution in [0.3, 0.4) is 0 Å². The van der Waals surface area contributed by atoms with Gasteiger partial charge in [-0.3, -0.25) is 4.79 Å². The number of hydrogen-bond donors (Lipinski definition) is 3. The Kier molecular flexibility index (Phi) is 6.10. The molecule has 0 aliphatic rings. The molecule has 1 aromatic heterocycles. The van der Waals surface area contributed by atoms with Gasteiger partial charge in [-0.15, -0.1) is 0 Å². The maximum absolute atomic E-state index is 12.4. The third-order valence-corrected chi connectivity index (χ3v) is 4.33. The highest BCUT2D eigenvalue weighted by Crippen LogP contribution is 2.19. The molecule has 0 bridgehead atoms. The van der Waals surface area contributed by atoms with Gasteiger partial charge in [-0.1, -0.05) is 20.8 Å². The summed E-state index contributed by atoms with van der Waals surface area (Å²) in [5.74, 6) is -0.694. The number of nitrogens with two attached hydrogens (primary N) is 1. The van der Waals surface area contributed by atoms with Crippen LogP contribution < -0.4 is 15.8 Å². The van der Waals surface area contributed by atoms with Crippen molar-refractivity contribution in [2.24, 2.45) is 11.7 Å². The molecule has 0 aromatic carbocycles. The van der Waals surface area contributed by atoms with Gasteiger partial charge in [0.2, 0.25) is 15.9 Å². The van der Waals surface area contributed by atoms with Crippen LogP contribution in [0.1, 0.15) is 27.2 Å². The van der Waals surface area contributed by atoms with Crippen molar-refractivity contribution in [2.75, 3.05) is 11.9 Å². The summed E-state index contributed by atoms with van der Waals surface area (Å²) in [6.07, 6.45) is 2.34. The molecule has 1 amide bonds. The van der Waals surface area contributed by atoms with E-state index in [1.165, 1.54) is 18.3 Å². The fourth-order valence-corrected chi connectivity index (χ4v) is 3.22. The molecule has 1 aromatic rings. The Labute approximate surface area is 125 Å². The Morgan fingerprint density at radius 2 is 2.10 bits per heavy atom. The summed E-state index contributed by atoms with van der Waals surface area (Å²) in [6.45, 7) is 6.00. The van der Waals surface area contributed by atoms with Crippen LogP contribution in [0.4, 0.5) is 5.82 Å². The second-order valence-electron chi connectivity index (χ2n) is 5.02. The van der Waals surface area contributed by atoms with Gasteiger partial charge in [-0.25, -0.2) is 13.4 Å². The van der Waals surface area contributed by atoms with Gasteiger partial charge in [-0.05, 0) is 24.5 Å². The van der Waals surface area contributed by atoms with Crippen LogP contribution in [0.2, 0.25) is 0 Å². The molecule has 0 radical (unpaired) electrons. The first kappa shape index (κ1) is 17.4. The molecule has 0 aliphatic carbocycles. The van der Waals surface area contributed by atoms with Crippen molar-refractivity contribution in [3.05, 3.63) is 18.3 Å². The number of anilines is 1. The number of pyridine rings is 1. The van der Waals surface area contributed by atoms with Crippen molar-refractivity contribution in [2.45, 2.75) is 38.1 Å². The minimum absolute atomic E-state index is 0.00495. The predicted octanol–water partition coefficient (Wildman–Crippen LogP) is 0.692. The number of primary amides is 1. The third-order valence-electron chi connectivity index (χ3n) is 2.86. The number of rotatable bonds is 8. The van der Waals surface area contributed by atoms with Gasteiger partial charge >= 0.3 is 0 Å². The van der Waals surface area contributed by atoms with E-state index >= 15 is 0 Å². The smallest absolute Gasteiger partial charge is 0.244 e. The Balaban J connectivity index is 3.10. The first-order valence-corrected chi connectivity index (χ1v) is 8.28. The monoisotopic (exact) mass is 314 g/mol. The van der Waals surface area contributed by atoms with E-state index in [4.69, 9.17) is 5.73 Å². The zero-order valence-corrected chi connectivity index (χ0v) is 13.3. The molecule has 1 heterocycles. The summed E-state index contributed by atoms with van der Waals surface area (Å²) >= 11 is 0. The van der Waals surface area contributed by atoms with Gasteiger partial charge < -0.3 is 11.1 Å². The molecule has 21 heavy (non-hydrogen) atoms. The van der Waals surface area contributed by atoms with E-state index in [0.29, 0.717) is 6.54 Å². The van der Waals surface area contributed by atoms with Crippen LogP contribution in [-0.4, -0.2) is 31.9 Å². The number of amides is 1. The fraction of sp³-hybridized carbons (Fsp3) is 0.538. The molecular weight excluding hydrogens is 292 g/mol. The average molecular weight is 314 g/mol. The molecule has 1 atom stereocenters. The Bertz CT molecular complexity index is 587. The molecule has 1 rings (SSSR count). The van der Waals surface area contributed by atoms with E-state index < -0.39 is 22.0 Å². The van der Waals surface area contributed by atoms with Crippen molar-refractivity contribution < 1.29 is 13.2 Å². The summed E-state index contributed by atoms with van der Waals surface area (Å²) in [6, 6.07) is 2.00. The topological polar surface area (TPSA) is 114 Å². The van der Waals surface area contributed by atoms with Crippen molar-refractivity contribution in [1.82, 2.24) is 9.71 Å². The van der Waals surface area contributed by atoms with Crippen molar-refractivity contribution in [3.8, 4) is 0 Å². The number of carbonyl (C=O) groups excluding carboxylic acids is 1. The molecule has 4 N–H and O–H groups in total. The van der Waals surface area contributed by atoms with Gasteiger partial charge in [-0.2, -0.15) is 4.72 Å². The second-order valence-corrected chi connectivity index (χ2v) is 6.70. The summed E-state index contributed by atoms with van der Waals surface area (Å²) in [5.41, 5.74) is 5.24. The highest BCUT2D eigenvalue weighted by Gasteiger charge is 2.28. The van der Waals surface area contributed by atoms with Crippen LogP contribution >= 0.6 is 0 Å². The van der Waals surface area contributed by atoms with E-state index in [2.05, 4.69) is 15.0 Å².